The smallest absolute Gasteiger partial charge is 0.471 e. The largest absolute Gasteiger partial charge is 0.476 e. The van der Waals surface area contributed by atoms with Gasteiger partial charge in [-0.25, -0.2) is 9.78 Å². The van der Waals surface area contributed by atoms with Gasteiger partial charge < -0.3 is 5.11 Å². The predicted molar refractivity (Wildman–Crippen MR) is 55.7 cm³/mol. The van der Waals surface area contributed by atoms with Crippen LogP contribution in [-0.2, 0) is 4.79 Å². The molecule has 0 unspecified atom stereocenters. The van der Waals surface area contributed by atoms with Crippen LogP contribution in [0.1, 0.15) is 34.1 Å². The van der Waals surface area contributed by atoms with Crippen LogP contribution in [0.2, 0.25) is 0 Å². The minimum absolute atomic E-state index is 0.0325. The highest BCUT2D eigenvalue weighted by atomic mass is 32.1. The Hall–Kier alpha value is -1.64. The Morgan fingerprint density at radius 2 is 2.00 bits per heavy atom. The Balaban J connectivity index is 2.22. The normalized spacial score (nSPS) is 15.5. The van der Waals surface area contributed by atoms with E-state index in [0.717, 1.165) is 24.2 Å². The first-order valence-electron chi connectivity index (χ1n) is 4.91. The van der Waals surface area contributed by atoms with Gasteiger partial charge in [0.1, 0.15) is 0 Å². The minimum atomic E-state index is -5.02. The van der Waals surface area contributed by atoms with Gasteiger partial charge in [0.15, 0.2) is 10.8 Å². The van der Waals surface area contributed by atoms with E-state index in [2.05, 4.69) is 4.98 Å². The Morgan fingerprint density at radius 3 is 2.44 bits per heavy atom. The number of thiazole rings is 1. The van der Waals surface area contributed by atoms with Crippen LogP contribution >= 0.6 is 11.3 Å². The summed E-state index contributed by atoms with van der Waals surface area (Å²) >= 11 is 0.779. The third kappa shape index (κ3) is 2.61. The summed E-state index contributed by atoms with van der Waals surface area (Å²) in [5.74, 6) is -3.43. The van der Waals surface area contributed by atoms with Crippen molar-refractivity contribution in [2.45, 2.75) is 24.9 Å². The van der Waals surface area contributed by atoms with E-state index in [4.69, 9.17) is 5.11 Å². The van der Waals surface area contributed by atoms with Gasteiger partial charge in [-0.3, -0.25) is 10.1 Å². The zero-order chi connectivity index (χ0) is 13.5. The molecule has 0 saturated heterocycles. The Morgan fingerprint density at radius 1 is 1.39 bits per heavy atom. The number of amides is 1. The van der Waals surface area contributed by atoms with Crippen LogP contribution in [0.3, 0.4) is 0 Å². The van der Waals surface area contributed by atoms with E-state index < -0.39 is 18.1 Å². The fourth-order valence-corrected chi connectivity index (χ4v) is 2.45. The minimum Gasteiger partial charge on any atom is -0.476 e. The van der Waals surface area contributed by atoms with Crippen molar-refractivity contribution in [2.75, 3.05) is 5.32 Å². The summed E-state index contributed by atoms with van der Waals surface area (Å²) in [6.45, 7) is 0. The van der Waals surface area contributed by atoms with E-state index in [1.165, 1.54) is 0 Å². The van der Waals surface area contributed by atoms with Crippen LogP contribution in [-0.4, -0.2) is 28.1 Å². The maximum absolute atomic E-state index is 12.0. The molecule has 1 aromatic rings. The summed E-state index contributed by atoms with van der Waals surface area (Å²) in [6, 6.07) is 0. The number of anilines is 1. The van der Waals surface area contributed by atoms with E-state index in [-0.39, 0.29) is 16.7 Å². The zero-order valence-corrected chi connectivity index (χ0v) is 9.56. The number of alkyl halides is 3. The van der Waals surface area contributed by atoms with Gasteiger partial charge in [-0.2, -0.15) is 13.2 Å². The molecule has 2 N–H and O–H groups in total. The first-order chi connectivity index (χ1) is 8.29. The topological polar surface area (TPSA) is 79.3 Å². The molecule has 1 saturated carbocycles. The van der Waals surface area contributed by atoms with Crippen LogP contribution in [0.15, 0.2) is 0 Å². The molecule has 0 atom stereocenters. The highest BCUT2D eigenvalue weighted by Gasteiger charge is 2.40. The fourth-order valence-electron chi connectivity index (χ4n) is 1.33. The van der Waals surface area contributed by atoms with Gasteiger partial charge in [0.25, 0.3) is 0 Å². The van der Waals surface area contributed by atoms with E-state index in [1.807, 2.05) is 0 Å². The summed E-state index contributed by atoms with van der Waals surface area (Å²) in [6.07, 6.45) is -3.45. The van der Waals surface area contributed by atoms with Crippen molar-refractivity contribution in [3.05, 3.63) is 10.6 Å². The average Bonchev–Trinajstić information content (AvgIpc) is 2.98. The quantitative estimate of drug-likeness (QED) is 0.889. The standard InChI is InChI=1S/C9H7F3N2O3S/c10-9(11,12)7(17)14-8-13-4(6(15)16)5(18-8)3-1-2-3/h3H,1-2H2,(H,15,16)(H,13,14,17). The van der Waals surface area contributed by atoms with Crippen molar-refractivity contribution in [3.63, 3.8) is 0 Å². The van der Waals surface area contributed by atoms with Gasteiger partial charge in [0, 0.05) is 4.88 Å². The molecular formula is C9H7F3N2O3S. The van der Waals surface area contributed by atoms with Crippen molar-refractivity contribution in [1.29, 1.82) is 0 Å². The van der Waals surface area contributed by atoms with Gasteiger partial charge in [-0.1, -0.05) is 0 Å². The maximum Gasteiger partial charge on any atom is 0.471 e. The second kappa shape index (κ2) is 4.23. The second-order valence-corrected chi connectivity index (χ2v) is 4.79. The summed E-state index contributed by atoms with van der Waals surface area (Å²) in [4.78, 5) is 25.5. The SMILES string of the molecule is O=C(O)c1nc(NC(=O)C(F)(F)F)sc1C1CC1. The van der Waals surface area contributed by atoms with Gasteiger partial charge in [-0.05, 0) is 18.8 Å². The number of rotatable bonds is 3. The lowest BCUT2D eigenvalue weighted by atomic mass is 10.3. The van der Waals surface area contributed by atoms with Crippen molar-refractivity contribution >= 4 is 28.3 Å². The third-order valence-electron chi connectivity index (χ3n) is 2.28. The molecule has 1 aliphatic rings. The Labute approximate surface area is 103 Å². The summed E-state index contributed by atoms with van der Waals surface area (Å²) < 4.78 is 36.1. The lowest BCUT2D eigenvalue weighted by Crippen LogP contribution is -2.29. The molecule has 1 aromatic heterocycles. The van der Waals surface area contributed by atoms with Gasteiger partial charge in [0.05, 0.1) is 0 Å². The third-order valence-corrected chi connectivity index (χ3v) is 3.42. The molecular weight excluding hydrogens is 273 g/mol. The molecule has 0 aromatic carbocycles. The van der Waals surface area contributed by atoms with E-state index >= 15 is 0 Å². The monoisotopic (exact) mass is 280 g/mol. The number of halogens is 3. The van der Waals surface area contributed by atoms with Crippen molar-refractivity contribution in [1.82, 2.24) is 4.98 Å². The van der Waals surface area contributed by atoms with Crippen molar-refractivity contribution in [2.24, 2.45) is 0 Å². The number of aromatic nitrogens is 1. The lowest BCUT2D eigenvalue weighted by molar-refractivity contribution is -0.167. The number of nitrogens with one attached hydrogen (secondary N) is 1. The van der Waals surface area contributed by atoms with Crippen LogP contribution in [0.4, 0.5) is 18.3 Å². The van der Waals surface area contributed by atoms with Crippen molar-refractivity contribution in [3.8, 4) is 0 Å². The number of hydrogen-bond acceptors (Lipinski definition) is 4. The fraction of sp³-hybridized carbons (Fsp3) is 0.444. The van der Waals surface area contributed by atoms with E-state index in [9.17, 15) is 22.8 Å². The molecule has 1 aliphatic carbocycles. The first kappa shape index (κ1) is 12.8. The summed E-state index contributed by atoms with van der Waals surface area (Å²) in [7, 11) is 0. The predicted octanol–water partition coefficient (Wildman–Crippen LogP) is 2.22. The number of aromatic carboxylic acids is 1. The molecule has 2 rings (SSSR count). The Bertz CT molecular complexity index is 508. The number of carboxylic acid groups (broad SMARTS) is 1. The van der Waals surface area contributed by atoms with Crippen LogP contribution < -0.4 is 5.32 Å². The molecule has 5 nitrogen and oxygen atoms in total. The van der Waals surface area contributed by atoms with Crippen molar-refractivity contribution < 1.29 is 27.9 Å². The Kier molecular flexibility index (Phi) is 3.01. The highest BCUT2D eigenvalue weighted by Crippen LogP contribution is 2.45. The first-order valence-corrected chi connectivity index (χ1v) is 5.73. The molecule has 1 fully saturated rings. The number of carbonyl (C=O) groups excluding carboxylic acids is 1. The van der Waals surface area contributed by atoms with Crippen LogP contribution in [0.25, 0.3) is 0 Å². The highest BCUT2D eigenvalue weighted by molar-refractivity contribution is 7.16. The number of carbonyl (C=O) groups is 2. The van der Waals surface area contributed by atoms with Crippen LogP contribution in [0, 0.1) is 0 Å². The molecule has 0 radical (unpaired) electrons. The van der Waals surface area contributed by atoms with E-state index in [1.54, 1.807) is 5.32 Å². The molecule has 98 valence electrons. The van der Waals surface area contributed by atoms with Gasteiger partial charge in [0.2, 0.25) is 0 Å². The lowest BCUT2D eigenvalue weighted by Gasteiger charge is -2.03. The molecule has 1 heterocycles. The molecule has 0 aliphatic heterocycles. The zero-order valence-electron chi connectivity index (χ0n) is 8.74. The average molecular weight is 280 g/mol. The summed E-state index contributed by atoms with van der Waals surface area (Å²) in [5.41, 5.74) is -0.278. The summed E-state index contributed by atoms with van der Waals surface area (Å²) in [5, 5.41) is 10.1. The van der Waals surface area contributed by atoms with Gasteiger partial charge in [-0.15, -0.1) is 11.3 Å². The molecule has 0 bridgehead atoms. The van der Waals surface area contributed by atoms with E-state index in [0.29, 0.717) is 4.88 Å². The second-order valence-electron chi connectivity index (χ2n) is 3.76. The van der Waals surface area contributed by atoms with Crippen LogP contribution in [0.5, 0.6) is 0 Å². The molecule has 0 spiro atoms. The number of carboxylic acids is 1. The van der Waals surface area contributed by atoms with Gasteiger partial charge >= 0.3 is 18.1 Å². The number of nitrogens with zero attached hydrogens (tertiary/aromatic N) is 1. The molecule has 1 amide bonds. The molecule has 9 heteroatoms. The maximum atomic E-state index is 12.0. The molecule has 18 heavy (non-hydrogen) atoms. The number of hydrogen-bond donors (Lipinski definition) is 2.